The van der Waals surface area contributed by atoms with Gasteiger partial charge in [0.25, 0.3) is 0 Å². The molecule has 8 fully saturated rings. The third-order valence-corrected chi connectivity index (χ3v) is 12.2. The Hall–Kier alpha value is -2.75. The molecular formula is C37H45NO3. The molecule has 0 heterocycles. The topological polar surface area (TPSA) is 58.6 Å². The number of allylic oxidation sites excluding steroid dienone is 1. The second-order valence-corrected chi connectivity index (χ2v) is 14.7. The first-order valence-corrected chi connectivity index (χ1v) is 16.6. The van der Waals surface area contributed by atoms with Crippen LogP contribution in [0, 0.1) is 46.8 Å². The first kappa shape index (κ1) is 25.9. The molecule has 0 saturated heterocycles. The molecule has 4 heteroatoms. The lowest BCUT2D eigenvalue weighted by Gasteiger charge is -2.52. The molecule has 2 atom stereocenters. The highest BCUT2D eigenvalue weighted by molar-refractivity contribution is 5.84. The summed E-state index contributed by atoms with van der Waals surface area (Å²) in [6.45, 7) is 1.44. The van der Waals surface area contributed by atoms with E-state index in [2.05, 4.69) is 41.7 Å². The molecule has 8 saturated carbocycles. The number of carbonyl (C=O) groups excluding carboxylic acids is 1. The average Bonchev–Trinajstić information content (AvgIpc) is 3.37. The van der Waals surface area contributed by atoms with Crippen molar-refractivity contribution in [1.82, 2.24) is 5.32 Å². The Kier molecular flexibility index (Phi) is 6.45. The van der Waals surface area contributed by atoms with Gasteiger partial charge in [0.15, 0.2) is 0 Å². The molecule has 0 spiro atoms. The van der Waals surface area contributed by atoms with Crippen molar-refractivity contribution in [3.63, 3.8) is 0 Å². The minimum Gasteiger partial charge on any atom is -0.508 e. The smallest absolute Gasteiger partial charge is 0.226 e. The Morgan fingerprint density at radius 1 is 0.756 bits per heavy atom. The largest absolute Gasteiger partial charge is 0.508 e. The van der Waals surface area contributed by atoms with Gasteiger partial charge in [0.05, 0.1) is 12.0 Å². The van der Waals surface area contributed by atoms with Gasteiger partial charge in [-0.3, -0.25) is 4.79 Å². The Labute approximate surface area is 245 Å². The van der Waals surface area contributed by atoms with E-state index in [4.69, 9.17) is 4.74 Å². The maximum Gasteiger partial charge on any atom is 0.226 e. The lowest BCUT2D eigenvalue weighted by molar-refractivity contribution is -0.132. The summed E-state index contributed by atoms with van der Waals surface area (Å²) in [6.07, 6.45) is 15.0. The summed E-state index contributed by atoms with van der Waals surface area (Å²) in [7, 11) is 0. The Balaban J connectivity index is 0.891. The second kappa shape index (κ2) is 10.2. The minimum absolute atomic E-state index is 0.0171. The summed E-state index contributed by atoms with van der Waals surface area (Å²) in [4.78, 5) is 13.1. The van der Waals surface area contributed by atoms with Crippen LogP contribution >= 0.6 is 0 Å². The summed E-state index contributed by atoms with van der Waals surface area (Å²) >= 11 is 0. The summed E-state index contributed by atoms with van der Waals surface area (Å²) in [6, 6.07) is 16.6. The van der Waals surface area contributed by atoms with E-state index in [0.29, 0.717) is 36.0 Å². The molecule has 8 aliphatic carbocycles. The molecule has 4 nitrogen and oxygen atoms in total. The number of benzene rings is 2. The van der Waals surface area contributed by atoms with Gasteiger partial charge in [0.1, 0.15) is 11.5 Å². The van der Waals surface area contributed by atoms with Gasteiger partial charge in [-0.15, -0.1) is 0 Å². The van der Waals surface area contributed by atoms with Gasteiger partial charge in [0, 0.05) is 6.54 Å². The quantitative estimate of drug-likeness (QED) is 0.313. The van der Waals surface area contributed by atoms with Gasteiger partial charge in [0.2, 0.25) is 5.91 Å². The zero-order valence-corrected chi connectivity index (χ0v) is 24.3. The molecular weight excluding hydrogens is 506 g/mol. The number of nitrogens with one attached hydrogen (secondary N) is 1. The summed E-state index contributed by atoms with van der Waals surface area (Å²) in [5.74, 6) is 7.17. The Bertz CT molecular complexity index is 1280. The van der Waals surface area contributed by atoms with Crippen molar-refractivity contribution in [3.8, 4) is 11.5 Å². The normalized spacial score (nSPS) is 35.7. The van der Waals surface area contributed by atoms with Crippen LogP contribution in [0.15, 0.2) is 54.1 Å². The standard InChI is InChI=1S/C37H45NO3/c39-32-7-3-27(4-8-32)34(35-29-15-23-13-24(17-29)18-30(35)16-23)28-5-9-33(10-6-28)41-12-2-1-11-38-36(40)37-21-25-14-26(22-37)20-31(37)19-25/h3-10,23-26,29-31,39H,1-2,11-22H2,(H,38,40). The first-order valence-electron chi connectivity index (χ1n) is 16.6. The number of hydrogen-bond donors (Lipinski definition) is 2. The van der Waals surface area contributed by atoms with Crippen molar-refractivity contribution in [2.45, 2.75) is 77.0 Å². The molecule has 2 unspecified atom stereocenters. The molecule has 8 bridgehead atoms. The monoisotopic (exact) mass is 551 g/mol. The summed E-state index contributed by atoms with van der Waals surface area (Å²) in [5, 5.41) is 13.3. The van der Waals surface area contributed by atoms with Crippen LogP contribution < -0.4 is 10.1 Å². The van der Waals surface area contributed by atoms with Crippen LogP contribution in [0.1, 0.15) is 88.2 Å². The summed E-state index contributed by atoms with van der Waals surface area (Å²) in [5.41, 5.74) is 5.54. The van der Waals surface area contributed by atoms with E-state index in [1.807, 2.05) is 12.1 Å². The number of carbonyl (C=O) groups is 1. The van der Waals surface area contributed by atoms with Crippen LogP contribution in [0.3, 0.4) is 0 Å². The number of amides is 1. The van der Waals surface area contributed by atoms with Gasteiger partial charge in [-0.1, -0.05) is 29.8 Å². The fourth-order valence-electron chi connectivity index (χ4n) is 10.9. The highest BCUT2D eigenvalue weighted by atomic mass is 16.5. The predicted octanol–water partition coefficient (Wildman–Crippen LogP) is 7.75. The lowest BCUT2D eigenvalue weighted by atomic mass is 9.53. The van der Waals surface area contributed by atoms with Crippen molar-refractivity contribution in [2.75, 3.05) is 13.2 Å². The van der Waals surface area contributed by atoms with Crippen molar-refractivity contribution in [3.05, 3.63) is 65.2 Å². The average molecular weight is 552 g/mol. The molecule has 0 aliphatic heterocycles. The molecule has 2 aromatic carbocycles. The van der Waals surface area contributed by atoms with Crippen molar-refractivity contribution < 1.29 is 14.6 Å². The molecule has 10 rings (SSSR count). The van der Waals surface area contributed by atoms with Crippen LogP contribution in [0.25, 0.3) is 5.57 Å². The molecule has 2 N–H and O–H groups in total. The van der Waals surface area contributed by atoms with Gasteiger partial charge >= 0.3 is 0 Å². The third kappa shape index (κ3) is 4.61. The first-order chi connectivity index (χ1) is 20.0. The lowest BCUT2D eigenvalue weighted by Crippen LogP contribution is -2.42. The molecule has 0 radical (unpaired) electrons. The van der Waals surface area contributed by atoms with E-state index in [1.165, 1.54) is 68.1 Å². The van der Waals surface area contributed by atoms with Crippen molar-refractivity contribution in [1.29, 1.82) is 0 Å². The number of phenols is 1. The van der Waals surface area contributed by atoms with Crippen LogP contribution in [0.2, 0.25) is 0 Å². The van der Waals surface area contributed by atoms with Crippen LogP contribution in [-0.2, 0) is 4.79 Å². The maximum atomic E-state index is 13.1. The maximum absolute atomic E-state index is 13.1. The van der Waals surface area contributed by atoms with Crippen LogP contribution in [0.4, 0.5) is 0 Å². The van der Waals surface area contributed by atoms with E-state index in [0.717, 1.165) is 61.6 Å². The Morgan fingerprint density at radius 3 is 1.98 bits per heavy atom. The van der Waals surface area contributed by atoms with Crippen molar-refractivity contribution >= 4 is 11.5 Å². The minimum atomic E-state index is -0.0171. The van der Waals surface area contributed by atoms with Crippen LogP contribution in [-0.4, -0.2) is 24.2 Å². The number of ether oxygens (including phenoxy) is 1. The van der Waals surface area contributed by atoms with Gasteiger partial charge in [-0.2, -0.15) is 0 Å². The van der Waals surface area contributed by atoms with Gasteiger partial charge in [-0.25, -0.2) is 0 Å². The fraction of sp³-hybridized carbons (Fsp3) is 0.595. The van der Waals surface area contributed by atoms with E-state index >= 15 is 0 Å². The zero-order chi connectivity index (χ0) is 27.6. The van der Waals surface area contributed by atoms with Gasteiger partial charge in [-0.05, 0) is 159 Å². The molecule has 8 aliphatic rings. The molecule has 0 aromatic heterocycles. The summed E-state index contributed by atoms with van der Waals surface area (Å²) < 4.78 is 6.14. The Morgan fingerprint density at radius 2 is 1.34 bits per heavy atom. The number of unbranched alkanes of at least 4 members (excludes halogenated alkanes) is 1. The third-order valence-electron chi connectivity index (χ3n) is 12.2. The van der Waals surface area contributed by atoms with Crippen LogP contribution in [0.5, 0.6) is 11.5 Å². The molecule has 1 amide bonds. The van der Waals surface area contributed by atoms with E-state index in [1.54, 1.807) is 5.57 Å². The van der Waals surface area contributed by atoms with E-state index in [9.17, 15) is 9.90 Å². The molecule has 216 valence electrons. The number of phenolic OH excluding ortho intramolecular Hbond substituents is 1. The number of rotatable bonds is 9. The zero-order valence-electron chi connectivity index (χ0n) is 24.3. The number of hydrogen-bond acceptors (Lipinski definition) is 3. The highest BCUT2D eigenvalue weighted by Crippen LogP contribution is 2.65. The highest BCUT2D eigenvalue weighted by Gasteiger charge is 2.61. The SMILES string of the molecule is O=C(NCCCCOc1ccc(C(=C2C3CC4CC(C3)CC2C4)c2ccc(O)cc2)cc1)C12CC3CC(CC1C3)C2. The van der Waals surface area contributed by atoms with E-state index in [-0.39, 0.29) is 5.41 Å². The molecule has 2 aromatic rings. The number of aromatic hydroxyl groups is 1. The fourth-order valence-corrected chi connectivity index (χ4v) is 10.9. The molecule has 41 heavy (non-hydrogen) atoms. The predicted molar refractivity (Wildman–Crippen MR) is 161 cm³/mol. The van der Waals surface area contributed by atoms with Gasteiger partial charge < -0.3 is 15.2 Å². The van der Waals surface area contributed by atoms with Crippen molar-refractivity contribution in [2.24, 2.45) is 46.8 Å². The second-order valence-electron chi connectivity index (χ2n) is 14.7. The van der Waals surface area contributed by atoms with E-state index < -0.39 is 0 Å².